The van der Waals surface area contributed by atoms with Gasteiger partial charge in [-0.1, -0.05) is 18.2 Å². The van der Waals surface area contributed by atoms with Gasteiger partial charge < -0.3 is 19.8 Å². The predicted octanol–water partition coefficient (Wildman–Crippen LogP) is 3.22. The van der Waals surface area contributed by atoms with Gasteiger partial charge in [-0.15, -0.1) is 0 Å². The number of H-pyrrole nitrogens is 1. The van der Waals surface area contributed by atoms with Crippen LogP contribution in [0.15, 0.2) is 42.5 Å². The highest BCUT2D eigenvalue weighted by Crippen LogP contribution is 2.28. The van der Waals surface area contributed by atoms with Crippen molar-refractivity contribution in [1.29, 1.82) is 0 Å². The summed E-state index contributed by atoms with van der Waals surface area (Å²) >= 11 is 0. The van der Waals surface area contributed by atoms with Gasteiger partial charge in [0.2, 0.25) is 5.91 Å². The Morgan fingerprint density at radius 2 is 2.04 bits per heavy atom. The summed E-state index contributed by atoms with van der Waals surface area (Å²) in [5, 5.41) is 2.90. The van der Waals surface area contributed by atoms with Crippen molar-refractivity contribution in [2.24, 2.45) is 0 Å². The van der Waals surface area contributed by atoms with Crippen LogP contribution in [0, 0.1) is 0 Å². The van der Waals surface area contributed by atoms with Gasteiger partial charge in [-0.05, 0) is 43.2 Å². The number of hydrogen-bond acceptors (Lipinski definition) is 4. The number of para-hydroxylation sites is 2. The number of aromatic nitrogens is 2. The lowest BCUT2D eigenvalue weighted by Gasteiger charge is -2.11. The van der Waals surface area contributed by atoms with Crippen molar-refractivity contribution in [2.45, 2.75) is 26.3 Å². The summed E-state index contributed by atoms with van der Waals surface area (Å²) in [6.07, 6.45) is 1.03. The smallest absolute Gasteiger partial charge is 0.220 e. The van der Waals surface area contributed by atoms with Crippen molar-refractivity contribution >= 4 is 16.9 Å². The maximum atomic E-state index is 12.1. The van der Waals surface area contributed by atoms with Crippen LogP contribution in [0.1, 0.15) is 24.7 Å². The molecule has 1 heterocycles. The minimum absolute atomic E-state index is 0.0155. The Morgan fingerprint density at radius 3 is 2.81 bits per heavy atom. The summed E-state index contributed by atoms with van der Waals surface area (Å²) in [7, 11) is 1.61. The molecule has 1 amide bonds. The molecule has 2 aromatic carbocycles. The molecule has 0 unspecified atom stereocenters. The third-order valence-electron chi connectivity index (χ3n) is 4.06. The number of imidazole rings is 1. The highest BCUT2D eigenvalue weighted by molar-refractivity contribution is 5.77. The summed E-state index contributed by atoms with van der Waals surface area (Å²) in [6.45, 7) is 2.90. The first-order valence-electron chi connectivity index (χ1n) is 8.69. The lowest BCUT2D eigenvalue weighted by atomic mass is 10.1. The van der Waals surface area contributed by atoms with E-state index in [1.165, 1.54) is 0 Å². The van der Waals surface area contributed by atoms with Crippen molar-refractivity contribution in [3.63, 3.8) is 0 Å². The van der Waals surface area contributed by atoms with E-state index in [1.54, 1.807) is 7.11 Å². The zero-order valence-corrected chi connectivity index (χ0v) is 15.0. The lowest BCUT2D eigenvalue weighted by molar-refractivity contribution is -0.121. The Labute approximate surface area is 152 Å². The van der Waals surface area contributed by atoms with Gasteiger partial charge in [0, 0.05) is 6.42 Å². The number of aromatic amines is 1. The molecule has 0 fully saturated rings. The van der Waals surface area contributed by atoms with E-state index >= 15 is 0 Å². The van der Waals surface area contributed by atoms with E-state index in [4.69, 9.17) is 9.47 Å². The fourth-order valence-corrected chi connectivity index (χ4v) is 2.76. The minimum Gasteiger partial charge on any atom is -0.493 e. The number of fused-ring (bicyclic) bond motifs is 1. The Kier molecular flexibility index (Phi) is 5.73. The second-order valence-electron chi connectivity index (χ2n) is 5.90. The first kappa shape index (κ1) is 17.8. The molecule has 0 saturated carbocycles. The van der Waals surface area contributed by atoms with Crippen LogP contribution in [0.4, 0.5) is 0 Å². The summed E-state index contributed by atoms with van der Waals surface area (Å²) in [5.74, 6) is 2.14. The number of carbonyl (C=O) groups excluding carboxylic acids is 1. The van der Waals surface area contributed by atoms with Crippen molar-refractivity contribution in [3.05, 3.63) is 53.9 Å². The molecule has 3 rings (SSSR count). The molecule has 136 valence electrons. The average Bonchev–Trinajstić information content (AvgIpc) is 3.08. The Balaban J connectivity index is 1.52. The van der Waals surface area contributed by atoms with Crippen LogP contribution >= 0.6 is 0 Å². The van der Waals surface area contributed by atoms with Crippen LogP contribution in [0.2, 0.25) is 0 Å². The Hall–Kier alpha value is -3.02. The topological polar surface area (TPSA) is 76.2 Å². The maximum absolute atomic E-state index is 12.1. The highest BCUT2D eigenvalue weighted by atomic mass is 16.5. The highest BCUT2D eigenvalue weighted by Gasteiger charge is 2.08. The monoisotopic (exact) mass is 353 g/mol. The summed E-state index contributed by atoms with van der Waals surface area (Å²) in [5.41, 5.74) is 2.90. The molecule has 2 N–H and O–H groups in total. The zero-order valence-electron chi connectivity index (χ0n) is 15.0. The van der Waals surface area contributed by atoms with E-state index in [-0.39, 0.29) is 5.91 Å². The standard InChI is InChI=1S/C20H23N3O3/c1-3-26-17-10-8-14(12-18(17)25-2)9-11-20(24)21-13-19-22-15-6-4-5-7-16(15)23-19/h4-8,10,12H,3,9,11,13H2,1-2H3,(H,21,24)(H,22,23). The number of hydrogen-bond donors (Lipinski definition) is 2. The molecule has 0 saturated heterocycles. The lowest BCUT2D eigenvalue weighted by Crippen LogP contribution is -2.23. The molecule has 0 aliphatic rings. The fourth-order valence-electron chi connectivity index (χ4n) is 2.76. The SMILES string of the molecule is CCOc1ccc(CCC(=O)NCc2nc3ccccc3[nH]2)cc1OC. The second kappa shape index (κ2) is 8.38. The number of methoxy groups -OCH3 is 1. The Bertz CT molecular complexity index is 856. The molecule has 1 aromatic heterocycles. The van der Waals surface area contributed by atoms with E-state index in [1.807, 2.05) is 49.4 Å². The molecule has 0 aliphatic carbocycles. The van der Waals surface area contributed by atoms with E-state index in [0.29, 0.717) is 37.5 Å². The number of ether oxygens (including phenoxy) is 2. The van der Waals surface area contributed by atoms with E-state index in [9.17, 15) is 4.79 Å². The third-order valence-corrected chi connectivity index (χ3v) is 4.06. The Morgan fingerprint density at radius 1 is 1.19 bits per heavy atom. The van der Waals surface area contributed by atoms with Crippen LogP contribution in [0.5, 0.6) is 11.5 Å². The first-order chi connectivity index (χ1) is 12.7. The number of aryl methyl sites for hydroxylation is 1. The van der Waals surface area contributed by atoms with Gasteiger partial charge in [-0.3, -0.25) is 4.79 Å². The number of benzene rings is 2. The normalized spacial score (nSPS) is 10.7. The molecular formula is C20H23N3O3. The van der Waals surface area contributed by atoms with Gasteiger partial charge in [-0.25, -0.2) is 4.98 Å². The van der Waals surface area contributed by atoms with Gasteiger partial charge >= 0.3 is 0 Å². The number of nitrogens with zero attached hydrogens (tertiary/aromatic N) is 1. The van der Waals surface area contributed by atoms with Gasteiger partial charge in [0.15, 0.2) is 11.5 Å². The molecule has 3 aromatic rings. The third kappa shape index (κ3) is 4.33. The van der Waals surface area contributed by atoms with E-state index < -0.39 is 0 Å². The van der Waals surface area contributed by atoms with E-state index in [0.717, 1.165) is 22.4 Å². The summed E-state index contributed by atoms with van der Waals surface area (Å²) in [6, 6.07) is 13.6. The molecule has 0 bridgehead atoms. The van der Waals surface area contributed by atoms with Gasteiger partial charge in [0.25, 0.3) is 0 Å². The van der Waals surface area contributed by atoms with Crippen LogP contribution in [0.3, 0.4) is 0 Å². The van der Waals surface area contributed by atoms with Crippen molar-refractivity contribution in [1.82, 2.24) is 15.3 Å². The average molecular weight is 353 g/mol. The number of nitrogens with one attached hydrogen (secondary N) is 2. The minimum atomic E-state index is -0.0155. The molecule has 0 aliphatic heterocycles. The zero-order chi connectivity index (χ0) is 18.4. The summed E-state index contributed by atoms with van der Waals surface area (Å²) in [4.78, 5) is 19.8. The number of amides is 1. The van der Waals surface area contributed by atoms with Gasteiger partial charge in [0.05, 0.1) is 31.3 Å². The largest absolute Gasteiger partial charge is 0.493 e. The first-order valence-corrected chi connectivity index (χ1v) is 8.69. The second-order valence-corrected chi connectivity index (χ2v) is 5.90. The van der Waals surface area contributed by atoms with Crippen molar-refractivity contribution in [3.8, 4) is 11.5 Å². The quantitative estimate of drug-likeness (QED) is 0.652. The molecule has 0 radical (unpaired) electrons. The predicted molar refractivity (Wildman–Crippen MR) is 100 cm³/mol. The van der Waals surface area contributed by atoms with Crippen molar-refractivity contribution < 1.29 is 14.3 Å². The summed E-state index contributed by atoms with van der Waals surface area (Å²) < 4.78 is 10.8. The fraction of sp³-hybridized carbons (Fsp3) is 0.300. The molecule has 6 nitrogen and oxygen atoms in total. The molecule has 0 spiro atoms. The van der Waals surface area contributed by atoms with Crippen LogP contribution < -0.4 is 14.8 Å². The number of carbonyl (C=O) groups is 1. The van der Waals surface area contributed by atoms with E-state index in [2.05, 4.69) is 15.3 Å². The van der Waals surface area contributed by atoms with Gasteiger partial charge in [-0.2, -0.15) is 0 Å². The number of rotatable bonds is 8. The molecular weight excluding hydrogens is 330 g/mol. The molecule has 6 heteroatoms. The van der Waals surface area contributed by atoms with Crippen LogP contribution in [-0.4, -0.2) is 29.6 Å². The van der Waals surface area contributed by atoms with Gasteiger partial charge in [0.1, 0.15) is 5.82 Å². The maximum Gasteiger partial charge on any atom is 0.220 e. The van der Waals surface area contributed by atoms with Crippen LogP contribution in [-0.2, 0) is 17.8 Å². The molecule has 0 atom stereocenters. The van der Waals surface area contributed by atoms with Crippen LogP contribution in [0.25, 0.3) is 11.0 Å². The molecule has 26 heavy (non-hydrogen) atoms. The van der Waals surface area contributed by atoms with Crippen molar-refractivity contribution in [2.75, 3.05) is 13.7 Å².